The van der Waals surface area contributed by atoms with Gasteiger partial charge in [0.05, 0.1) is 0 Å². The van der Waals surface area contributed by atoms with Gasteiger partial charge in [-0.25, -0.2) is 0 Å². The first-order valence-corrected chi connectivity index (χ1v) is 14.5. The van der Waals surface area contributed by atoms with Crippen molar-refractivity contribution in [2.75, 3.05) is 0 Å². The minimum atomic E-state index is 1.20. The fourth-order valence-corrected chi connectivity index (χ4v) is 6.16. The monoisotopic (exact) mass is 482 g/mol. The molecule has 6 aromatic rings. The van der Waals surface area contributed by atoms with E-state index in [1.54, 1.807) is 0 Å². The lowest BCUT2D eigenvalue weighted by Gasteiger charge is -2.11. The lowest BCUT2D eigenvalue weighted by atomic mass is 9.93. The summed E-state index contributed by atoms with van der Waals surface area (Å²) in [4.78, 5) is 0. The van der Waals surface area contributed by atoms with Crippen LogP contribution in [-0.2, 0) is 6.42 Å². The standard InChI is InChI=1S/C37H38/c1-2-3-4-5-6-7-8-9-10-13-27-16-17-30-26-37-32(24-33(30)22-27)19-21-34-35(37)20-18-31-23-28-14-11-12-15-29(28)25-36(31)34/h11-12,14-26H,2-10,13H2,1H3. The van der Waals surface area contributed by atoms with E-state index in [9.17, 15) is 0 Å². The SMILES string of the molecule is CCCCCCCCCCCc1ccc2cc3c(ccc4c5cc6ccccc6cc5ccc34)cc2c1. The third-order valence-electron chi connectivity index (χ3n) is 8.29. The van der Waals surface area contributed by atoms with E-state index in [1.807, 2.05) is 0 Å². The molecular weight excluding hydrogens is 444 g/mol. The number of rotatable bonds is 10. The summed E-state index contributed by atoms with van der Waals surface area (Å²) in [5, 5.41) is 13.4. The van der Waals surface area contributed by atoms with Gasteiger partial charge in [-0.15, -0.1) is 0 Å². The van der Waals surface area contributed by atoms with Gasteiger partial charge in [0, 0.05) is 0 Å². The molecule has 0 atom stereocenters. The van der Waals surface area contributed by atoms with Crippen molar-refractivity contribution in [3.8, 4) is 0 Å². The molecule has 0 heteroatoms. The molecule has 37 heavy (non-hydrogen) atoms. The van der Waals surface area contributed by atoms with Crippen LogP contribution in [0.2, 0.25) is 0 Å². The molecular formula is C37H38. The van der Waals surface area contributed by atoms with Gasteiger partial charge in [0.25, 0.3) is 0 Å². The van der Waals surface area contributed by atoms with E-state index in [2.05, 4.69) is 97.9 Å². The van der Waals surface area contributed by atoms with Crippen molar-refractivity contribution in [3.63, 3.8) is 0 Å². The van der Waals surface area contributed by atoms with Crippen LogP contribution in [0.15, 0.2) is 91.0 Å². The van der Waals surface area contributed by atoms with Gasteiger partial charge in [-0.2, -0.15) is 0 Å². The summed E-state index contributed by atoms with van der Waals surface area (Å²) in [5.41, 5.74) is 1.48. The summed E-state index contributed by atoms with van der Waals surface area (Å²) in [6.45, 7) is 2.29. The molecule has 0 aliphatic heterocycles. The summed E-state index contributed by atoms with van der Waals surface area (Å²) >= 11 is 0. The number of unbranched alkanes of at least 4 members (excludes halogenated alkanes) is 8. The van der Waals surface area contributed by atoms with Crippen molar-refractivity contribution in [1.82, 2.24) is 0 Å². The van der Waals surface area contributed by atoms with Crippen LogP contribution < -0.4 is 0 Å². The molecule has 0 heterocycles. The van der Waals surface area contributed by atoms with Crippen LogP contribution in [0.5, 0.6) is 0 Å². The maximum absolute atomic E-state index is 2.43. The fourth-order valence-electron chi connectivity index (χ4n) is 6.16. The van der Waals surface area contributed by atoms with Gasteiger partial charge in [0.1, 0.15) is 0 Å². The highest BCUT2D eigenvalue weighted by atomic mass is 14.1. The van der Waals surface area contributed by atoms with Crippen molar-refractivity contribution in [1.29, 1.82) is 0 Å². The van der Waals surface area contributed by atoms with Gasteiger partial charge >= 0.3 is 0 Å². The predicted molar refractivity (Wildman–Crippen MR) is 165 cm³/mol. The highest BCUT2D eigenvalue weighted by Gasteiger charge is 2.08. The van der Waals surface area contributed by atoms with Crippen LogP contribution in [0.1, 0.15) is 70.3 Å². The Hall–Kier alpha value is -3.38. The number of aryl methyl sites for hydroxylation is 1. The van der Waals surface area contributed by atoms with E-state index >= 15 is 0 Å². The van der Waals surface area contributed by atoms with Gasteiger partial charge in [0.2, 0.25) is 0 Å². The summed E-state index contributed by atoms with van der Waals surface area (Å²) in [7, 11) is 0. The molecule has 0 nitrogen and oxygen atoms in total. The van der Waals surface area contributed by atoms with Crippen LogP contribution in [0.3, 0.4) is 0 Å². The van der Waals surface area contributed by atoms with Gasteiger partial charge in [-0.1, -0.05) is 125 Å². The molecule has 0 radical (unpaired) electrons. The highest BCUT2D eigenvalue weighted by molar-refractivity contribution is 6.20. The Morgan fingerprint density at radius 2 is 0.892 bits per heavy atom. The van der Waals surface area contributed by atoms with Crippen molar-refractivity contribution in [3.05, 3.63) is 96.6 Å². The summed E-state index contributed by atoms with van der Waals surface area (Å²) in [6, 6.07) is 34.5. The number of hydrogen-bond acceptors (Lipinski definition) is 0. The first kappa shape index (κ1) is 24.0. The average Bonchev–Trinajstić information content (AvgIpc) is 2.93. The Morgan fingerprint density at radius 1 is 0.378 bits per heavy atom. The second-order valence-electron chi connectivity index (χ2n) is 11.0. The minimum Gasteiger partial charge on any atom is -0.0654 e. The molecule has 0 saturated heterocycles. The predicted octanol–water partition coefficient (Wildman–Crippen LogP) is 11.5. The molecule has 0 bridgehead atoms. The summed E-state index contributed by atoms with van der Waals surface area (Å²) in [6.07, 6.45) is 13.7. The molecule has 0 aliphatic rings. The van der Waals surface area contributed by atoms with Crippen LogP contribution >= 0.6 is 0 Å². The fraction of sp³-hybridized carbons (Fsp3) is 0.297. The maximum atomic E-state index is 2.43. The molecule has 0 unspecified atom stereocenters. The Kier molecular flexibility index (Phi) is 7.09. The van der Waals surface area contributed by atoms with E-state index in [4.69, 9.17) is 0 Å². The van der Waals surface area contributed by atoms with Gasteiger partial charge in [-0.3, -0.25) is 0 Å². The first-order chi connectivity index (χ1) is 18.3. The molecule has 0 amide bonds. The summed E-state index contributed by atoms with van der Waals surface area (Å²) < 4.78 is 0. The van der Waals surface area contributed by atoms with E-state index < -0.39 is 0 Å². The van der Waals surface area contributed by atoms with Crippen LogP contribution in [0.4, 0.5) is 0 Å². The van der Waals surface area contributed by atoms with Crippen molar-refractivity contribution >= 4 is 53.9 Å². The molecule has 6 rings (SSSR count). The molecule has 0 spiro atoms. The van der Waals surface area contributed by atoms with E-state index in [-0.39, 0.29) is 0 Å². The Bertz CT molecular complexity index is 1690. The van der Waals surface area contributed by atoms with E-state index in [0.29, 0.717) is 0 Å². The molecule has 186 valence electrons. The van der Waals surface area contributed by atoms with Gasteiger partial charge in [0.15, 0.2) is 0 Å². The van der Waals surface area contributed by atoms with Crippen LogP contribution in [0.25, 0.3) is 53.9 Å². The quantitative estimate of drug-likeness (QED) is 0.103. The number of fused-ring (bicyclic) bond motifs is 7. The van der Waals surface area contributed by atoms with Crippen molar-refractivity contribution in [2.24, 2.45) is 0 Å². The molecule has 6 aromatic carbocycles. The van der Waals surface area contributed by atoms with Crippen LogP contribution in [0, 0.1) is 0 Å². The molecule has 0 fully saturated rings. The minimum absolute atomic E-state index is 1.20. The number of hydrogen-bond donors (Lipinski definition) is 0. The molecule has 0 aliphatic carbocycles. The van der Waals surface area contributed by atoms with Crippen LogP contribution in [-0.4, -0.2) is 0 Å². The summed E-state index contributed by atoms with van der Waals surface area (Å²) in [5.74, 6) is 0. The Morgan fingerprint density at radius 3 is 1.54 bits per heavy atom. The Labute approximate surface area is 221 Å². The largest absolute Gasteiger partial charge is 0.0654 e. The lowest BCUT2D eigenvalue weighted by Crippen LogP contribution is -1.88. The zero-order valence-corrected chi connectivity index (χ0v) is 22.2. The molecule has 0 N–H and O–H groups in total. The van der Waals surface area contributed by atoms with E-state index in [1.165, 1.54) is 124 Å². The third-order valence-corrected chi connectivity index (χ3v) is 8.29. The topological polar surface area (TPSA) is 0 Å². The Balaban J connectivity index is 1.23. The third kappa shape index (κ3) is 5.08. The van der Waals surface area contributed by atoms with E-state index in [0.717, 1.165) is 0 Å². The smallest absolute Gasteiger partial charge is 0.00987 e. The second kappa shape index (κ2) is 10.9. The number of benzene rings is 6. The zero-order chi connectivity index (χ0) is 25.0. The van der Waals surface area contributed by atoms with Gasteiger partial charge in [-0.05, 0) is 96.5 Å². The lowest BCUT2D eigenvalue weighted by molar-refractivity contribution is 0.565. The first-order valence-electron chi connectivity index (χ1n) is 14.5. The van der Waals surface area contributed by atoms with Crippen molar-refractivity contribution < 1.29 is 0 Å². The van der Waals surface area contributed by atoms with Crippen molar-refractivity contribution in [2.45, 2.75) is 71.1 Å². The average molecular weight is 483 g/mol. The maximum Gasteiger partial charge on any atom is -0.00987 e. The normalized spacial score (nSPS) is 11.9. The zero-order valence-electron chi connectivity index (χ0n) is 22.2. The molecule has 0 saturated carbocycles. The van der Waals surface area contributed by atoms with Gasteiger partial charge < -0.3 is 0 Å². The molecule has 0 aromatic heterocycles. The highest BCUT2D eigenvalue weighted by Crippen LogP contribution is 2.35. The second-order valence-corrected chi connectivity index (χ2v) is 11.0.